The molecule has 7 heteroatoms. The quantitative estimate of drug-likeness (QED) is 0.634. The van der Waals surface area contributed by atoms with Crippen LogP contribution in [0.15, 0.2) is 0 Å². The monoisotopic (exact) mass is 228 g/mol. The van der Waals surface area contributed by atoms with Crippen molar-refractivity contribution in [1.82, 2.24) is 0 Å². The summed E-state index contributed by atoms with van der Waals surface area (Å²) < 4.78 is 4.82. The van der Waals surface area contributed by atoms with Crippen molar-refractivity contribution in [2.24, 2.45) is 5.73 Å². The van der Waals surface area contributed by atoms with Gasteiger partial charge >= 0.3 is 25.0 Å². The molecule has 0 spiro atoms. The number of rotatable bonds is 2. The Morgan fingerprint density at radius 2 is 1.21 bits per heavy atom. The smallest absolute Gasteiger partial charge is 0.668 e. The van der Waals surface area contributed by atoms with Gasteiger partial charge in [0, 0.05) is 0 Å². The van der Waals surface area contributed by atoms with E-state index in [0.717, 1.165) is 0 Å². The summed E-state index contributed by atoms with van der Waals surface area (Å²) in [4.78, 5) is 8.78. The van der Waals surface area contributed by atoms with Crippen LogP contribution in [0.4, 0.5) is 4.79 Å². The Kier molecular flexibility index (Phi) is 10.7. The molecule has 0 aliphatic heterocycles. The molecule has 14 heavy (non-hydrogen) atoms. The van der Waals surface area contributed by atoms with Gasteiger partial charge in [-0.3, -0.25) is 0 Å². The molecule has 0 unspecified atom stereocenters. The Labute approximate surface area is 101 Å². The van der Waals surface area contributed by atoms with E-state index in [1.807, 2.05) is 0 Å². The number of carbonyl (C=O) groups is 1. The van der Waals surface area contributed by atoms with Crippen LogP contribution in [0.2, 0.25) is 39.3 Å². The molecule has 3 N–H and O–H groups in total. The van der Waals surface area contributed by atoms with Crippen LogP contribution in [0.5, 0.6) is 0 Å². The molecule has 0 atom stereocenters. The molecule has 4 nitrogen and oxygen atoms in total. The van der Waals surface area contributed by atoms with E-state index in [-0.39, 0.29) is 18.9 Å². The maximum absolute atomic E-state index is 8.78. The van der Waals surface area contributed by atoms with Crippen LogP contribution in [0.3, 0.4) is 0 Å². The topological polar surface area (TPSA) is 77.4 Å². The van der Waals surface area contributed by atoms with Crippen LogP contribution in [0, 0.1) is 0 Å². The molecule has 0 fully saturated rings. The van der Waals surface area contributed by atoms with E-state index in [2.05, 4.69) is 45.0 Å². The van der Waals surface area contributed by atoms with E-state index in [0.29, 0.717) is 0 Å². The molecule has 0 heterocycles. The van der Waals surface area contributed by atoms with Crippen molar-refractivity contribution in [3.05, 3.63) is 4.65 Å². The Morgan fingerprint density at radius 1 is 1.07 bits per heavy atom. The normalized spacial score (nSPS) is 10.7. The third-order valence-corrected chi connectivity index (χ3v) is 6.04. The maximum Gasteiger partial charge on any atom is 1.00 e. The summed E-state index contributed by atoms with van der Waals surface area (Å²) in [6.07, 6.45) is -1.33. The van der Waals surface area contributed by atoms with Gasteiger partial charge in [-0.2, -0.15) is 0 Å². The first-order valence-electron chi connectivity index (χ1n) is 4.16. The third kappa shape index (κ3) is 39.7. The number of primary amides is 1. The zero-order valence-corrected chi connectivity index (χ0v) is 12.4. The van der Waals surface area contributed by atoms with E-state index in [4.69, 9.17) is 14.5 Å². The van der Waals surface area contributed by atoms with Crippen molar-refractivity contribution in [3.8, 4) is 0 Å². The Bertz CT molecular complexity index is 150. The summed E-state index contributed by atoms with van der Waals surface area (Å²) in [6, 6.07) is 0. The molecule has 0 saturated heterocycles. The van der Waals surface area contributed by atoms with Gasteiger partial charge in [-0.1, -0.05) is 55.8 Å². The molecular formula is C7H21LiN2O2Si2. The molecule has 1 amide bonds. The second-order valence-corrected chi connectivity index (χ2v) is 14.4. The van der Waals surface area contributed by atoms with Crippen molar-refractivity contribution in [2.45, 2.75) is 39.3 Å². The average molecular weight is 228 g/mol. The summed E-state index contributed by atoms with van der Waals surface area (Å²) in [5.74, 6) is 0. The summed E-state index contributed by atoms with van der Waals surface area (Å²) in [5.41, 5.74) is 4.03. The predicted octanol–water partition coefficient (Wildman–Crippen LogP) is -0.343. The fourth-order valence-electron chi connectivity index (χ4n) is 1.01. The van der Waals surface area contributed by atoms with Crippen LogP contribution >= 0.6 is 0 Å². The number of carboxylic acid groups (broad SMARTS) is 1. The number of nitrogens with zero attached hydrogens (tertiary/aromatic N) is 1. The van der Waals surface area contributed by atoms with Gasteiger partial charge in [0.25, 0.3) is 0 Å². The van der Waals surface area contributed by atoms with Gasteiger partial charge in [-0.15, -0.1) is 0 Å². The summed E-state index contributed by atoms with van der Waals surface area (Å²) >= 11 is 0. The van der Waals surface area contributed by atoms with Crippen LogP contribution in [-0.2, 0) is 0 Å². The van der Waals surface area contributed by atoms with Crippen molar-refractivity contribution < 1.29 is 28.8 Å². The van der Waals surface area contributed by atoms with Crippen LogP contribution in [0.1, 0.15) is 0 Å². The molecule has 0 aliphatic rings. The van der Waals surface area contributed by atoms with Gasteiger partial charge in [0.2, 0.25) is 0 Å². The standard InChI is InChI=1S/C6H18NSi2.CH3NO2.Li/c1-8(2,3)7-9(4,5)6;2-1(3)4;/h1-6H3;2H2,(H,3,4);/q-1;;+1. The maximum atomic E-state index is 8.78. The minimum atomic E-state index is -1.33. The fourth-order valence-corrected chi connectivity index (χ4v) is 9.06. The second kappa shape index (κ2) is 7.54. The van der Waals surface area contributed by atoms with Crippen molar-refractivity contribution >= 4 is 22.6 Å². The van der Waals surface area contributed by atoms with Gasteiger partial charge < -0.3 is 15.5 Å². The molecule has 0 aliphatic carbocycles. The molecular weight excluding hydrogens is 207 g/mol. The van der Waals surface area contributed by atoms with E-state index >= 15 is 0 Å². The fraction of sp³-hybridized carbons (Fsp3) is 0.857. The molecule has 0 saturated carbocycles. The van der Waals surface area contributed by atoms with Crippen molar-refractivity contribution in [1.29, 1.82) is 0 Å². The van der Waals surface area contributed by atoms with Gasteiger partial charge in [0.1, 0.15) is 0 Å². The third-order valence-electron chi connectivity index (χ3n) is 0.671. The Hall–Kier alpha value is 0.261. The number of nitrogens with two attached hydrogens (primary N) is 1. The zero-order valence-electron chi connectivity index (χ0n) is 10.4. The minimum Gasteiger partial charge on any atom is -0.668 e. The van der Waals surface area contributed by atoms with E-state index in [9.17, 15) is 0 Å². The minimum absolute atomic E-state index is 0. The molecule has 0 rings (SSSR count). The van der Waals surface area contributed by atoms with E-state index in [1.54, 1.807) is 0 Å². The summed E-state index contributed by atoms with van der Waals surface area (Å²) in [7, 11) is -2.21. The van der Waals surface area contributed by atoms with Crippen LogP contribution in [0.25, 0.3) is 4.65 Å². The first-order valence-corrected chi connectivity index (χ1v) is 11.1. The molecule has 0 aromatic rings. The van der Waals surface area contributed by atoms with E-state index < -0.39 is 22.6 Å². The van der Waals surface area contributed by atoms with Gasteiger partial charge in [-0.25, -0.2) is 4.79 Å². The SMILES string of the molecule is C[Si](C)(C)[N-][Si](C)(C)C.NC(=O)O.[Li+]. The van der Waals surface area contributed by atoms with Gasteiger partial charge in [-0.05, 0) is 0 Å². The first-order chi connectivity index (χ1) is 5.44. The molecule has 0 aromatic heterocycles. The number of hydrogen-bond acceptors (Lipinski definition) is 1. The van der Waals surface area contributed by atoms with Crippen molar-refractivity contribution in [2.75, 3.05) is 0 Å². The van der Waals surface area contributed by atoms with Crippen LogP contribution < -0.4 is 24.6 Å². The van der Waals surface area contributed by atoms with Gasteiger partial charge in [0.15, 0.2) is 0 Å². The molecule has 0 aromatic carbocycles. The summed E-state index contributed by atoms with van der Waals surface area (Å²) in [6.45, 7) is 13.8. The Morgan fingerprint density at radius 3 is 1.21 bits per heavy atom. The zero-order chi connectivity index (χ0) is 11.3. The molecule has 80 valence electrons. The summed E-state index contributed by atoms with van der Waals surface area (Å²) in [5, 5.41) is 7.19. The second-order valence-electron chi connectivity index (χ2n) is 4.79. The molecule has 0 radical (unpaired) electrons. The first kappa shape index (κ1) is 19.8. The largest absolute Gasteiger partial charge is 1.00 e. The number of amides is 1. The Balaban J connectivity index is -0.000000209. The average Bonchev–Trinajstić information content (AvgIpc) is 1.47. The van der Waals surface area contributed by atoms with Gasteiger partial charge in [0.05, 0.1) is 0 Å². The molecule has 0 bridgehead atoms. The predicted molar refractivity (Wildman–Crippen MR) is 62.3 cm³/mol. The number of hydrogen-bond donors (Lipinski definition) is 2. The van der Waals surface area contributed by atoms with Crippen molar-refractivity contribution in [3.63, 3.8) is 0 Å². The van der Waals surface area contributed by atoms with E-state index in [1.165, 1.54) is 0 Å². The van der Waals surface area contributed by atoms with Crippen LogP contribution in [-0.4, -0.2) is 27.7 Å².